The molecule has 1 saturated heterocycles. The highest BCUT2D eigenvalue weighted by Gasteiger charge is 2.25. The number of benzene rings is 1. The van der Waals surface area contributed by atoms with Gasteiger partial charge in [-0.3, -0.25) is 4.90 Å². The predicted octanol–water partition coefficient (Wildman–Crippen LogP) is 3.32. The molecule has 0 unspecified atom stereocenters. The van der Waals surface area contributed by atoms with Crippen molar-refractivity contribution >= 4 is 0 Å². The first kappa shape index (κ1) is 14.2. The van der Waals surface area contributed by atoms with Gasteiger partial charge in [0.2, 0.25) is 0 Å². The zero-order valence-corrected chi connectivity index (χ0v) is 13.1. The second-order valence-electron chi connectivity index (χ2n) is 6.08. The van der Waals surface area contributed by atoms with Crippen LogP contribution in [0.2, 0.25) is 0 Å². The molecule has 0 aliphatic carbocycles. The number of likely N-dealkylation sites (tertiary alicyclic amines) is 1. The molecule has 118 valence electrons. The predicted molar refractivity (Wildman–Crippen MR) is 89.2 cm³/mol. The summed E-state index contributed by atoms with van der Waals surface area (Å²) < 4.78 is 1.91. The highest BCUT2D eigenvalue weighted by atomic mass is 15.3. The number of hydrogen-bond acceptors (Lipinski definition) is 3. The minimum absolute atomic E-state index is 0.395. The average molecular weight is 307 g/mol. The highest BCUT2D eigenvalue weighted by Crippen LogP contribution is 2.30. The molecule has 23 heavy (non-hydrogen) atoms. The molecule has 1 aromatic carbocycles. The van der Waals surface area contributed by atoms with E-state index in [1.54, 1.807) is 0 Å². The van der Waals surface area contributed by atoms with E-state index in [0.717, 1.165) is 24.6 Å². The number of H-pyrrole nitrogens is 1. The first-order chi connectivity index (χ1) is 11.4. The third-order valence-corrected chi connectivity index (χ3v) is 4.51. The summed E-state index contributed by atoms with van der Waals surface area (Å²) in [5.74, 6) is 1.09. The van der Waals surface area contributed by atoms with Gasteiger partial charge in [0, 0.05) is 31.3 Å². The van der Waals surface area contributed by atoms with Crippen LogP contribution in [0.5, 0.6) is 0 Å². The molecule has 0 bridgehead atoms. The molecule has 3 heterocycles. The molecule has 0 radical (unpaired) electrons. The van der Waals surface area contributed by atoms with Crippen LogP contribution in [0.4, 0.5) is 0 Å². The summed E-state index contributed by atoms with van der Waals surface area (Å²) in [7, 11) is 0. The zero-order chi connectivity index (χ0) is 15.5. The topological polar surface area (TPSA) is 49.7 Å². The molecule has 4 rings (SSSR count). The Morgan fingerprint density at radius 3 is 3.00 bits per heavy atom. The van der Waals surface area contributed by atoms with Crippen molar-refractivity contribution in [3.63, 3.8) is 0 Å². The quantitative estimate of drug-likeness (QED) is 0.804. The Labute approximate surface area is 136 Å². The number of imidazole rings is 1. The summed E-state index contributed by atoms with van der Waals surface area (Å²) in [6.07, 6.45) is 11.3. The van der Waals surface area contributed by atoms with E-state index >= 15 is 0 Å². The summed E-state index contributed by atoms with van der Waals surface area (Å²) in [5, 5.41) is 4.32. The lowest BCUT2D eigenvalue weighted by molar-refractivity contribution is 0.134. The van der Waals surface area contributed by atoms with Gasteiger partial charge in [0.05, 0.1) is 11.7 Å². The zero-order valence-electron chi connectivity index (χ0n) is 13.1. The lowest BCUT2D eigenvalue weighted by Gasteiger charge is -2.34. The molecule has 5 nitrogen and oxygen atoms in total. The number of nitrogens with zero attached hydrogens (tertiary/aromatic N) is 4. The fourth-order valence-corrected chi connectivity index (χ4v) is 3.40. The first-order valence-electron chi connectivity index (χ1n) is 8.22. The van der Waals surface area contributed by atoms with Crippen LogP contribution in [0.15, 0.2) is 55.1 Å². The normalized spacial score (nSPS) is 19.0. The van der Waals surface area contributed by atoms with Crippen molar-refractivity contribution in [3.05, 3.63) is 66.5 Å². The molecule has 2 aromatic heterocycles. The van der Waals surface area contributed by atoms with E-state index in [4.69, 9.17) is 0 Å². The van der Waals surface area contributed by atoms with Crippen LogP contribution < -0.4 is 0 Å². The number of aromatic amines is 1. The van der Waals surface area contributed by atoms with Crippen molar-refractivity contribution < 1.29 is 0 Å². The number of rotatable bonds is 4. The van der Waals surface area contributed by atoms with E-state index in [2.05, 4.69) is 44.2 Å². The Balaban J connectivity index is 1.55. The van der Waals surface area contributed by atoms with Gasteiger partial charge in [-0.05, 0) is 43.1 Å². The molecule has 1 fully saturated rings. The van der Waals surface area contributed by atoms with Gasteiger partial charge in [-0.1, -0.05) is 18.6 Å². The van der Waals surface area contributed by atoms with E-state index in [1.807, 2.05) is 35.5 Å². The minimum atomic E-state index is 0.395. The lowest BCUT2D eigenvalue weighted by atomic mass is 10.0. The third-order valence-electron chi connectivity index (χ3n) is 4.51. The summed E-state index contributed by atoms with van der Waals surface area (Å²) >= 11 is 0. The maximum Gasteiger partial charge on any atom is 0.123 e. The van der Waals surface area contributed by atoms with Gasteiger partial charge in [-0.25, -0.2) is 9.67 Å². The van der Waals surface area contributed by atoms with Crippen LogP contribution >= 0.6 is 0 Å². The number of nitrogens with one attached hydrogen (secondary N) is 1. The van der Waals surface area contributed by atoms with Crippen LogP contribution in [-0.4, -0.2) is 31.2 Å². The number of aromatic nitrogens is 4. The standard InChI is InChI=1S/C18H21N5/c1-2-11-22(17(7-1)18-19-9-10-20-18)14-15-5-3-6-16(13-15)23-12-4-8-21-23/h3-6,8-10,12-13,17H,1-2,7,11,14H2,(H,19,20)/t17-/m0/s1. The van der Waals surface area contributed by atoms with Crippen molar-refractivity contribution in [1.29, 1.82) is 0 Å². The van der Waals surface area contributed by atoms with E-state index < -0.39 is 0 Å². The van der Waals surface area contributed by atoms with E-state index in [9.17, 15) is 0 Å². The monoisotopic (exact) mass is 307 g/mol. The fraction of sp³-hybridized carbons (Fsp3) is 0.333. The Kier molecular flexibility index (Phi) is 3.94. The Bertz CT molecular complexity index is 733. The van der Waals surface area contributed by atoms with Gasteiger partial charge in [-0.2, -0.15) is 5.10 Å². The van der Waals surface area contributed by atoms with Gasteiger partial charge < -0.3 is 4.98 Å². The molecule has 1 N–H and O–H groups in total. The van der Waals surface area contributed by atoms with E-state index in [1.165, 1.54) is 24.8 Å². The van der Waals surface area contributed by atoms with E-state index in [0.29, 0.717) is 6.04 Å². The average Bonchev–Trinajstić information content (AvgIpc) is 3.30. The van der Waals surface area contributed by atoms with Gasteiger partial charge in [-0.15, -0.1) is 0 Å². The minimum Gasteiger partial charge on any atom is -0.347 e. The molecule has 0 spiro atoms. The highest BCUT2D eigenvalue weighted by molar-refractivity contribution is 5.35. The molecule has 0 amide bonds. The van der Waals surface area contributed by atoms with Crippen molar-refractivity contribution in [2.75, 3.05) is 6.54 Å². The molecule has 1 aliphatic rings. The van der Waals surface area contributed by atoms with Crippen molar-refractivity contribution in [3.8, 4) is 5.69 Å². The summed E-state index contributed by atoms with van der Waals surface area (Å²) in [6, 6.07) is 11.0. The molecule has 3 aromatic rings. The van der Waals surface area contributed by atoms with Crippen LogP contribution in [0.3, 0.4) is 0 Å². The summed E-state index contributed by atoms with van der Waals surface area (Å²) in [4.78, 5) is 10.3. The van der Waals surface area contributed by atoms with E-state index in [-0.39, 0.29) is 0 Å². The van der Waals surface area contributed by atoms with Gasteiger partial charge in [0.25, 0.3) is 0 Å². The van der Waals surface area contributed by atoms with Gasteiger partial charge in [0.15, 0.2) is 0 Å². The van der Waals surface area contributed by atoms with Crippen molar-refractivity contribution in [2.24, 2.45) is 0 Å². The third kappa shape index (κ3) is 3.05. The molecular weight excluding hydrogens is 286 g/mol. The maximum absolute atomic E-state index is 4.48. The Morgan fingerprint density at radius 1 is 1.17 bits per heavy atom. The smallest absolute Gasteiger partial charge is 0.123 e. The lowest BCUT2D eigenvalue weighted by Crippen LogP contribution is -2.33. The Morgan fingerprint density at radius 2 is 2.17 bits per heavy atom. The van der Waals surface area contributed by atoms with Crippen LogP contribution in [-0.2, 0) is 6.54 Å². The van der Waals surface area contributed by atoms with Crippen molar-refractivity contribution in [2.45, 2.75) is 31.8 Å². The molecule has 0 saturated carbocycles. The molecular formula is C18H21N5. The molecule has 1 atom stereocenters. The SMILES string of the molecule is c1cc(CN2CCCC[C@H]2c2ncc[nH]2)cc(-n2cccn2)c1. The number of hydrogen-bond donors (Lipinski definition) is 1. The second kappa shape index (κ2) is 6.38. The number of piperidine rings is 1. The van der Waals surface area contributed by atoms with Crippen LogP contribution in [0.25, 0.3) is 5.69 Å². The van der Waals surface area contributed by atoms with Crippen LogP contribution in [0, 0.1) is 0 Å². The van der Waals surface area contributed by atoms with Crippen LogP contribution in [0.1, 0.15) is 36.7 Å². The fourth-order valence-electron chi connectivity index (χ4n) is 3.40. The maximum atomic E-state index is 4.48. The largest absolute Gasteiger partial charge is 0.347 e. The first-order valence-corrected chi connectivity index (χ1v) is 8.22. The molecule has 5 heteroatoms. The molecule has 1 aliphatic heterocycles. The van der Waals surface area contributed by atoms with Gasteiger partial charge >= 0.3 is 0 Å². The van der Waals surface area contributed by atoms with Crippen molar-refractivity contribution in [1.82, 2.24) is 24.6 Å². The van der Waals surface area contributed by atoms with Gasteiger partial charge in [0.1, 0.15) is 5.82 Å². The summed E-state index contributed by atoms with van der Waals surface area (Å²) in [6.45, 7) is 2.07. The Hall–Kier alpha value is -2.40. The second-order valence-corrected chi connectivity index (χ2v) is 6.08. The summed E-state index contributed by atoms with van der Waals surface area (Å²) in [5.41, 5.74) is 2.43.